The highest BCUT2D eigenvalue weighted by molar-refractivity contribution is 5.90. The number of anilines is 1. The summed E-state index contributed by atoms with van der Waals surface area (Å²) in [6.45, 7) is 0. The molecule has 1 aromatic heterocycles. The first-order valence-corrected chi connectivity index (χ1v) is 10.5. The average molecular weight is 376 g/mol. The van der Waals surface area contributed by atoms with Crippen LogP contribution in [0.4, 0.5) is 5.69 Å². The molecule has 2 aromatic carbocycles. The van der Waals surface area contributed by atoms with Gasteiger partial charge < -0.3 is 9.88 Å². The number of para-hydroxylation sites is 2. The molecule has 146 valence electrons. The summed E-state index contributed by atoms with van der Waals surface area (Å²) in [4.78, 5) is 17.0. The third-order valence-corrected chi connectivity index (χ3v) is 5.95. The molecule has 1 fully saturated rings. The lowest BCUT2D eigenvalue weighted by atomic mass is 9.87. The molecule has 1 amide bonds. The van der Waals surface area contributed by atoms with Crippen LogP contribution in [-0.4, -0.2) is 15.5 Å². The van der Waals surface area contributed by atoms with Crippen LogP contribution in [-0.2, 0) is 24.7 Å². The fourth-order valence-electron chi connectivity index (χ4n) is 4.30. The van der Waals surface area contributed by atoms with Crippen LogP contribution in [0.5, 0.6) is 0 Å². The largest absolute Gasteiger partial charge is 0.331 e. The van der Waals surface area contributed by atoms with Gasteiger partial charge in [-0.05, 0) is 55.0 Å². The molecule has 1 aliphatic carbocycles. The summed E-state index contributed by atoms with van der Waals surface area (Å²) < 4.78 is 2.18. The molecule has 0 radical (unpaired) electrons. The highest BCUT2D eigenvalue weighted by Crippen LogP contribution is 2.26. The molecule has 1 N–H and O–H groups in total. The Morgan fingerprint density at radius 1 is 1.04 bits per heavy atom. The smallest absolute Gasteiger partial charge is 0.224 e. The Hall–Kier alpha value is -2.62. The predicted molar refractivity (Wildman–Crippen MR) is 114 cm³/mol. The van der Waals surface area contributed by atoms with Crippen molar-refractivity contribution in [2.45, 2.75) is 51.4 Å². The fourth-order valence-corrected chi connectivity index (χ4v) is 4.30. The van der Waals surface area contributed by atoms with Gasteiger partial charge in [-0.1, -0.05) is 43.5 Å². The lowest BCUT2D eigenvalue weighted by molar-refractivity contribution is -0.117. The van der Waals surface area contributed by atoms with Crippen molar-refractivity contribution in [2.75, 3.05) is 5.32 Å². The summed E-state index contributed by atoms with van der Waals surface area (Å²) in [5.74, 6) is 1.83. The van der Waals surface area contributed by atoms with Crippen LogP contribution in [0.15, 0.2) is 48.5 Å². The molecular formula is C24H29N3O. The summed E-state index contributed by atoms with van der Waals surface area (Å²) in [7, 11) is 2.08. The molecule has 4 nitrogen and oxygen atoms in total. The van der Waals surface area contributed by atoms with E-state index >= 15 is 0 Å². The van der Waals surface area contributed by atoms with E-state index in [2.05, 4.69) is 47.3 Å². The molecule has 28 heavy (non-hydrogen) atoms. The standard InChI is InChI=1S/C24H29N3O/c1-27-22-10-6-5-9-21(22)26-23(27)16-13-18-11-14-20(15-12-18)25-24(28)17-19-7-3-2-4-8-19/h5-6,9-12,14-15,19H,2-4,7-8,13,16-17H2,1H3,(H,25,28). The van der Waals surface area contributed by atoms with Crippen molar-refractivity contribution in [1.82, 2.24) is 9.55 Å². The normalized spacial score (nSPS) is 15.0. The van der Waals surface area contributed by atoms with Crippen molar-refractivity contribution in [3.05, 3.63) is 59.9 Å². The minimum absolute atomic E-state index is 0.152. The van der Waals surface area contributed by atoms with E-state index in [1.54, 1.807) is 0 Å². The zero-order valence-electron chi connectivity index (χ0n) is 16.7. The number of hydrogen-bond acceptors (Lipinski definition) is 2. The highest BCUT2D eigenvalue weighted by Gasteiger charge is 2.17. The van der Waals surface area contributed by atoms with Gasteiger partial charge in [0.15, 0.2) is 0 Å². The van der Waals surface area contributed by atoms with E-state index in [9.17, 15) is 4.79 Å². The zero-order chi connectivity index (χ0) is 19.3. The number of imidazole rings is 1. The monoisotopic (exact) mass is 375 g/mol. The summed E-state index contributed by atoms with van der Waals surface area (Å²) in [5, 5.41) is 3.06. The van der Waals surface area contributed by atoms with Crippen molar-refractivity contribution in [2.24, 2.45) is 13.0 Å². The van der Waals surface area contributed by atoms with Crippen molar-refractivity contribution in [3.63, 3.8) is 0 Å². The molecule has 0 unspecified atom stereocenters. The highest BCUT2D eigenvalue weighted by atomic mass is 16.1. The van der Waals surface area contributed by atoms with Gasteiger partial charge in [-0.25, -0.2) is 4.98 Å². The molecule has 1 saturated carbocycles. The Kier molecular flexibility index (Phi) is 5.75. The van der Waals surface area contributed by atoms with Gasteiger partial charge in [0.2, 0.25) is 5.91 Å². The van der Waals surface area contributed by atoms with Crippen LogP contribution in [0.25, 0.3) is 11.0 Å². The van der Waals surface area contributed by atoms with Crippen LogP contribution >= 0.6 is 0 Å². The number of nitrogens with one attached hydrogen (secondary N) is 1. The molecule has 0 spiro atoms. The number of aryl methyl sites for hydroxylation is 3. The van der Waals surface area contributed by atoms with Crippen LogP contribution in [0.2, 0.25) is 0 Å². The van der Waals surface area contributed by atoms with Crippen LogP contribution < -0.4 is 5.32 Å². The third-order valence-electron chi connectivity index (χ3n) is 5.95. The van der Waals surface area contributed by atoms with E-state index < -0.39 is 0 Å². The number of amides is 1. The summed E-state index contributed by atoms with van der Waals surface area (Å²) in [6, 6.07) is 16.5. The van der Waals surface area contributed by atoms with Crippen LogP contribution in [0.3, 0.4) is 0 Å². The number of carbonyl (C=O) groups is 1. The first kappa shape index (κ1) is 18.7. The Morgan fingerprint density at radius 3 is 2.54 bits per heavy atom. The van der Waals surface area contributed by atoms with Crippen LogP contribution in [0, 0.1) is 5.92 Å². The first-order valence-electron chi connectivity index (χ1n) is 10.5. The fraction of sp³-hybridized carbons (Fsp3) is 0.417. The van der Waals surface area contributed by atoms with Crippen molar-refractivity contribution >= 4 is 22.6 Å². The number of nitrogens with zero attached hydrogens (tertiary/aromatic N) is 2. The molecule has 0 bridgehead atoms. The molecular weight excluding hydrogens is 346 g/mol. The van der Waals surface area contributed by atoms with Gasteiger partial charge in [-0.3, -0.25) is 4.79 Å². The zero-order valence-corrected chi connectivity index (χ0v) is 16.7. The van der Waals surface area contributed by atoms with Gasteiger partial charge in [-0.2, -0.15) is 0 Å². The number of fused-ring (bicyclic) bond motifs is 1. The quantitative estimate of drug-likeness (QED) is 0.638. The van der Waals surface area contributed by atoms with Gasteiger partial charge in [-0.15, -0.1) is 0 Å². The van der Waals surface area contributed by atoms with E-state index in [0.717, 1.165) is 29.9 Å². The first-order chi connectivity index (χ1) is 13.7. The summed E-state index contributed by atoms with van der Waals surface area (Å²) in [6.07, 6.45) is 8.79. The number of rotatable bonds is 6. The van der Waals surface area contributed by atoms with Gasteiger partial charge in [0.25, 0.3) is 0 Å². The van der Waals surface area contributed by atoms with Crippen molar-refractivity contribution < 1.29 is 4.79 Å². The minimum atomic E-state index is 0.152. The van der Waals surface area contributed by atoms with E-state index in [0.29, 0.717) is 12.3 Å². The Labute approximate surface area is 167 Å². The average Bonchev–Trinajstić information content (AvgIpc) is 3.04. The Bertz CT molecular complexity index is 936. The van der Waals surface area contributed by atoms with E-state index in [1.165, 1.54) is 43.2 Å². The molecule has 4 heteroatoms. The Morgan fingerprint density at radius 2 is 1.79 bits per heavy atom. The minimum Gasteiger partial charge on any atom is -0.331 e. The molecule has 0 aliphatic heterocycles. The van der Waals surface area contributed by atoms with Crippen molar-refractivity contribution in [3.8, 4) is 0 Å². The maximum absolute atomic E-state index is 12.3. The number of carbonyl (C=O) groups excluding carboxylic acids is 1. The maximum atomic E-state index is 12.3. The topological polar surface area (TPSA) is 46.9 Å². The molecule has 1 aliphatic rings. The predicted octanol–water partition coefficient (Wildman–Crippen LogP) is 5.27. The van der Waals surface area contributed by atoms with Crippen LogP contribution in [0.1, 0.15) is 49.9 Å². The number of benzene rings is 2. The molecule has 3 aromatic rings. The molecule has 1 heterocycles. The third kappa shape index (κ3) is 4.44. The second kappa shape index (κ2) is 8.59. The van der Waals surface area contributed by atoms with Crippen molar-refractivity contribution in [1.29, 1.82) is 0 Å². The second-order valence-corrected chi connectivity index (χ2v) is 8.03. The van der Waals surface area contributed by atoms with Gasteiger partial charge in [0.05, 0.1) is 11.0 Å². The summed E-state index contributed by atoms with van der Waals surface area (Å²) in [5.41, 5.74) is 4.38. The van der Waals surface area contributed by atoms with Gasteiger partial charge >= 0.3 is 0 Å². The van der Waals surface area contributed by atoms with E-state index in [4.69, 9.17) is 4.98 Å². The maximum Gasteiger partial charge on any atom is 0.224 e. The second-order valence-electron chi connectivity index (χ2n) is 8.03. The van der Waals surface area contributed by atoms with E-state index in [1.807, 2.05) is 18.2 Å². The number of aromatic nitrogens is 2. The lowest BCUT2D eigenvalue weighted by Gasteiger charge is -2.20. The summed E-state index contributed by atoms with van der Waals surface area (Å²) >= 11 is 0. The molecule has 0 saturated heterocycles. The number of hydrogen-bond donors (Lipinski definition) is 1. The molecule has 0 atom stereocenters. The molecule has 4 rings (SSSR count). The van der Waals surface area contributed by atoms with E-state index in [-0.39, 0.29) is 5.91 Å². The Balaban J connectivity index is 1.31. The lowest BCUT2D eigenvalue weighted by Crippen LogP contribution is -2.18. The van der Waals surface area contributed by atoms with Gasteiger partial charge in [0.1, 0.15) is 5.82 Å². The van der Waals surface area contributed by atoms with Gasteiger partial charge in [0, 0.05) is 25.6 Å². The SMILES string of the molecule is Cn1c(CCc2ccc(NC(=O)CC3CCCCC3)cc2)nc2ccccc21.